The molecule has 0 bridgehead atoms. The molecule has 150 valence electrons. The van der Waals surface area contributed by atoms with Gasteiger partial charge in [-0.25, -0.2) is 9.59 Å². The highest BCUT2D eigenvalue weighted by atomic mass is 16.5. The first kappa shape index (κ1) is 22.7. The molecular formula is C22H38O4. The van der Waals surface area contributed by atoms with Gasteiger partial charge in [-0.15, -0.1) is 0 Å². The molecule has 0 radical (unpaired) electrons. The van der Waals surface area contributed by atoms with Crippen LogP contribution in [0.15, 0.2) is 11.1 Å². The van der Waals surface area contributed by atoms with Crippen molar-refractivity contribution < 1.29 is 19.1 Å². The molecule has 0 heterocycles. The lowest BCUT2D eigenvalue weighted by Crippen LogP contribution is -2.25. The summed E-state index contributed by atoms with van der Waals surface area (Å²) < 4.78 is 11.0. The highest BCUT2D eigenvalue weighted by Gasteiger charge is 2.31. The van der Waals surface area contributed by atoms with Crippen molar-refractivity contribution in [3.05, 3.63) is 11.1 Å². The number of hydrogen-bond acceptors (Lipinski definition) is 4. The van der Waals surface area contributed by atoms with Crippen molar-refractivity contribution >= 4 is 11.9 Å². The summed E-state index contributed by atoms with van der Waals surface area (Å²) in [5.74, 6) is -0.204. The average Bonchev–Trinajstić information content (AvgIpc) is 2.62. The van der Waals surface area contributed by atoms with E-state index in [-0.39, 0.29) is 23.8 Å². The molecule has 0 aliphatic heterocycles. The molecule has 1 fully saturated rings. The second kappa shape index (κ2) is 12.9. The summed E-state index contributed by atoms with van der Waals surface area (Å²) in [5, 5.41) is 0. The quantitative estimate of drug-likeness (QED) is 0.271. The van der Waals surface area contributed by atoms with Crippen LogP contribution in [0.3, 0.4) is 0 Å². The van der Waals surface area contributed by atoms with Gasteiger partial charge in [0, 0.05) is 5.57 Å². The molecule has 0 N–H and O–H groups in total. The molecule has 1 rings (SSSR count). The summed E-state index contributed by atoms with van der Waals surface area (Å²) in [6, 6.07) is 0. The Hall–Kier alpha value is -1.32. The van der Waals surface area contributed by atoms with Crippen LogP contribution in [0, 0.1) is 11.8 Å². The average molecular weight is 367 g/mol. The van der Waals surface area contributed by atoms with Crippen LogP contribution in [0.25, 0.3) is 0 Å². The van der Waals surface area contributed by atoms with E-state index in [0.717, 1.165) is 51.4 Å². The third kappa shape index (κ3) is 7.92. The Labute approximate surface area is 159 Å². The molecule has 1 saturated carbocycles. The number of carbonyl (C=O) groups is 2. The van der Waals surface area contributed by atoms with Crippen LogP contribution in [0.4, 0.5) is 0 Å². The molecule has 0 aromatic carbocycles. The van der Waals surface area contributed by atoms with E-state index in [2.05, 4.69) is 27.7 Å². The molecule has 0 saturated heterocycles. The van der Waals surface area contributed by atoms with Gasteiger partial charge in [-0.05, 0) is 43.9 Å². The number of carbonyl (C=O) groups excluding carboxylic acids is 2. The maximum absolute atomic E-state index is 12.9. The van der Waals surface area contributed by atoms with Gasteiger partial charge in [0.15, 0.2) is 0 Å². The molecule has 4 heteroatoms. The highest BCUT2D eigenvalue weighted by molar-refractivity contribution is 6.00. The van der Waals surface area contributed by atoms with Crippen LogP contribution >= 0.6 is 0 Å². The number of rotatable bonds is 11. The van der Waals surface area contributed by atoms with Gasteiger partial charge < -0.3 is 9.47 Å². The van der Waals surface area contributed by atoms with Crippen molar-refractivity contribution in [3.8, 4) is 0 Å². The molecule has 0 aromatic heterocycles. The standard InChI is InChI=1S/C22H38O4/c1-5-7-14-25-21(23)19(16-17(3)4)20(18-12-10-9-11-13-18)22(24)26-15-8-6-2/h17-18H,5-16H2,1-4H3. The largest absolute Gasteiger partial charge is 0.462 e. The Bertz CT molecular complexity index is 459. The molecule has 1 aliphatic carbocycles. The second-order valence-electron chi connectivity index (χ2n) is 7.80. The van der Waals surface area contributed by atoms with Gasteiger partial charge in [0.05, 0.1) is 18.8 Å². The Balaban J connectivity index is 3.11. The zero-order chi connectivity index (χ0) is 19.4. The molecule has 26 heavy (non-hydrogen) atoms. The van der Waals surface area contributed by atoms with Gasteiger partial charge in [-0.1, -0.05) is 59.8 Å². The minimum absolute atomic E-state index is 0.130. The SMILES string of the molecule is CCCCOC(=O)C(CC(C)C)=C(C(=O)OCCCC)C1CCCCC1. The smallest absolute Gasteiger partial charge is 0.334 e. The molecule has 1 aliphatic rings. The summed E-state index contributed by atoms with van der Waals surface area (Å²) in [5.41, 5.74) is 1.17. The number of esters is 2. The molecule has 0 spiro atoms. The van der Waals surface area contributed by atoms with Crippen LogP contribution in [-0.4, -0.2) is 25.2 Å². The Morgan fingerprint density at radius 2 is 1.42 bits per heavy atom. The van der Waals surface area contributed by atoms with E-state index in [1.807, 2.05) is 0 Å². The lowest BCUT2D eigenvalue weighted by molar-refractivity contribution is -0.143. The van der Waals surface area contributed by atoms with Crippen molar-refractivity contribution in [3.63, 3.8) is 0 Å². The Kier molecular flexibility index (Phi) is 11.3. The monoisotopic (exact) mass is 366 g/mol. The van der Waals surface area contributed by atoms with Crippen LogP contribution < -0.4 is 0 Å². The Morgan fingerprint density at radius 3 is 1.92 bits per heavy atom. The second-order valence-corrected chi connectivity index (χ2v) is 7.80. The van der Waals surface area contributed by atoms with E-state index < -0.39 is 0 Å². The van der Waals surface area contributed by atoms with Gasteiger partial charge in [-0.3, -0.25) is 0 Å². The first-order chi connectivity index (χ1) is 12.5. The maximum atomic E-state index is 12.9. The van der Waals surface area contributed by atoms with E-state index in [1.54, 1.807) is 0 Å². The number of ether oxygens (including phenoxy) is 2. The van der Waals surface area contributed by atoms with Gasteiger partial charge >= 0.3 is 11.9 Å². The topological polar surface area (TPSA) is 52.6 Å². The number of hydrogen-bond donors (Lipinski definition) is 0. The third-order valence-electron chi connectivity index (χ3n) is 4.88. The van der Waals surface area contributed by atoms with Crippen molar-refractivity contribution in [2.75, 3.05) is 13.2 Å². The van der Waals surface area contributed by atoms with Crippen LogP contribution in [0.5, 0.6) is 0 Å². The minimum Gasteiger partial charge on any atom is -0.462 e. The van der Waals surface area contributed by atoms with Crippen molar-refractivity contribution in [2.24, 2.45) is 11.8 Å². The summed E-state index contributed by atoms with van der Waals surface area (Å²) in [6.07, 6.45) is 9.56. The molecule has 0 amide bonds. The molecular weight excluding hydrogens is 328 g/mol. The minimum atomic E-state index is -0.319. The summed E-state index contributed by atoms with van der Waals surface area (Å²) in [4.78, 5) is 25.7. The fourth-order valence-corrected chi connectivity index (χ4v) is 3.42. The van der Waals surface area contributed by atoms with Crippen molar-refractivity contribution in [1.29, 1.82) is 0 Å². The molecule has 4 nitrogen and oxygen atoms in total. The fraction of sp³-hybridized carbons (Fsp3) is 0.818. The summed E-state index contributed by atoms with van der Waals surface area (Å²) >= 11 is 0. The van der Waals surface area contributed by atoms with E-state index in [4.69, 9.17) is 9.47 Å². The van der Waals surface area contributed by atoms with Gasteiger partial charge in [0.25, 0.3) is 0 Å². The predicted octanol–water partition coefficient (Wildman–Crippen LogP) is 5.60. The third-order valence-corrected chi connectivity index (χ3v) is 4.88. The van der Waals surface area contributed by atoms with Crippen LogP contribution in [0.1, 0.15) is 91.9 Å². The maximum Gasteiger partial charge on any atom is 0.334 e. The van der Waals surface area contributed by atoms with E-state index in [9.17, 15) is 9.59 Å². The lowest BCUT2D eigenvalue weighted by Gasteiger charge is -2.26. The lowest BCUT2D eigenvalue weighted by atomic mass is 9.80. The van der Waals surface area contributed by atoms with Crippen molar-refractivity contribution in [1.82, 2.24) is 0 Å². The van der Waals surface area contributed by atoms with E-state index >= 15 is 0 Å². The van der Waals surface area contributed by atoms with Gasteiger partial charge in [-0.2, -0.15) is 0 Å². The van der Waals surface area contributed by atoms with Crippen LogP contribution in [0.2, 0.25) is 0 Å². The fourth-order valence-electron chi connectivity index (χ4n) is 3.42. The van der Waals surface area contributed by atoms with Crippen LogP contribution in [-0.2, 0) is 19.1 Å². The van der Waals surface area contributed by atoms with E-state index in [0.29, 0.717) is 30.8 Å². The van der Waals surface area contributed by atoms with Gasteiger partial charge in [0.2, 0.25) is 0 Å². The summed E-state index contributed by atoms with van der Waals surface area (Å²) in [7, 11) is 0. The number of unbranched alkanes of at least 4 members (excludes halogenated alkanes) is 2. The summed E-state index contributed by atoms with van der Waals surface area (Å²) in [6.45, 7) is 9.11. The Morgan fingerprint density at radius 1 is 0.885 bits per heavy atom. The van der Waals surface area contributed by atoms with E-state index in [1.165, 1.54) is 6.42 Å². The highest BCUT2D eigenvalue weighted by Crippen LogP contribution is 2.34. The normalized spacial score (nSPS) is 16.3. The van der Waals surface area contributed by atoms with Crippen molar-refractivity contribution in [2.45, 2.75) is 91.9 Å². The zero-order valence-corrected chi connectivity index (χ0v) is 17.3. The molecule has 0 atom stereocenters. The zero-order valence-electron chi connectivity index (χ0n) is 17.3. The first-order valence-electron chi connectivity index (χ1n) is 10.6. The first-order valence-corrected chi connectivity index (χ1v) is 10.6. The molecule has 0 aromatic rings. The van der Waals surface area contributed by atoms with Gasteiger partial charge in [0.1, 0.15) is 0 Å². The predicted molar refractivity (Wildman–Crippen MR) is 105 cm³/mol. The molecule has 0 unspecified atom stereocenters.